The molecule has 0 radical (unpaired) electrons. The largest absolute Gasteiger partial charge is 0.468 e. The maximum absolute atomic E-state index is 11.9. The molecule has 2 fully saturated rings. The van der Waals surface area contributed by atoms with Gasteiger partial charge < -0.3 is 9.47 Å². The summed E-state index contributed by atoms with van der Waals surface area (Å²) in [6.07, 6.45) is 1.49. The fraction of sp³-hybridized carbons (Fsp3) is 0.727. The number of carbonyl (C=O) groups excluding carboxylic acids is 1. The summed E-state index contributed by atoms with van der Waals surface area (Å²) in [5, 5.41) is 0. The molecule has 0 amide bonds. The molecule has 0 unspecified atom stereocenters. The molecule has 0 bridgehead atoms. The van der Waals surface area contributed by atoms with Crippen molar-refractivity contribution in [1.29, 1.82) is 0 Å². The Hall–Kier alpha value is -0.870. The van der Waals surface area contributed by atoms with Gasteiger partial charge in [0.15, 0.2) is 0 Å². The van der Waals surface area contributed by atoms with Gasteiger partial charge in [-0.05, 0) is 6.42 Å². The summed E-state index contributed by atoms with van der Waals surface area (Å²) in [5.41, 5.74) is 0.489. The molecule has 2 aliphatic heterocycles. The van der Waals surface area contributed by atoms with Crippen LogP contribution in [0.15, 0.2) is 12.2 Å². The molecular weight excluding hydrogens is 194 g/mol. The highest BCUT2D eigenvalue weighted by Crippen LogP contribution is 2.42. The minimum Gasteiger partial charge on any atom is -0.468 e. The zero-order valence-electron chi connectivity index (χ0n) is 9.28. The van der Waals surface area contributed by atoms with E-state index in [1.807, 2.05) is 0 Å². The lowest BCUT2D eigenvalue weighted by atomic mass is 9.90. The number of rotatable bonds is 2. The molecule has 84 valence electrons. The van der Waals surface area contributed by atoms with Gasteiger partial charge >= 0.3 is 5.97 Å². The van der Waals surface area contributed by atoms with Crippen molar-refractivity contribution >= 4 is 5.97 Å². The number of hydrogen-bond acceptors (Lipinski definition) is 4. The van der Waals surface area contributed by atoms with Gasteiger partial charge in [0.05, 0.1) is 13.2 Å². The smallest absolute Gasteiger partial charge is 0.329 e. The normalized spacial score (nSPS) is 35.6. The third-order valence-corrected chi connectivity index (χ3v) is 3.52. The predicted molar refractivity (Wildman–Crippen MR) is 55.5 cm³/mol. The van der Waals surface area contributed by atoms with Gasteiger partial charge in [0.2, 0.25) is 0 Å². The summed E-state index contributed by atoms with van der Waals surface area (Å²) < 4.78 is 10.3. The zero-order valence-corrected chi connectivity index (χ0v) is 9.28. The molecule has 2 saturated heterocycles. The van der Waals surface area contributed by atoms with Crippen molar-refractivity contribution in [1.82, 2.24) is 4.90 Å². The minimum absolute atomic E-state index is 0.0656. The van der Waals surface area contributed by atoms with Crippen LogP contribution in [0.3, 0.4) is 0 Å². The average Bonchev–Trinajstić information content (AvgIpc) is 2.71. The van der Waals surface area contributed by atoms with Gasteiger partial charge in [-0.3, -0.25) is 4.90 Å². The van der Waals surface area contributed by atoms with Crippen molar-refractivity contribution < 1.29 is 14.3 Å². The Morgan fingerprint density at radius 3 is 2.93 bits per heavy atom. The number of nitrogens with zero attached hydrogens (tertiary/aromatic N) is 1. The van der Waals surface area contributed by atoms with Gasteiger partial charge in [-0.25, -0.2) is 4.79 Å². The van der Waals surface area contributed by atoms with Crippen molar-refractivity contribution in [3.05, 3.63) is 12.2 Å². The Balaban J connectivity index is 2.35. The Morgan fingerprint density at radius 2 is 2.33 bits per heavy atom. The van der Waals surface area contributed by atoms with E-state index in [1.165, 1.54) is 7.11 Å². The van der Waals surface area contributed by atoms with Crippen molar-refractivity contribution in [2.75, 3.05) is 27.3 Å². The summed E-state index contributed by atoms with van der Waals surface area (Å²) in [7, 11) is 3.08. The van der Waals surface area contributed by atoms with Crippen LogP contribution in [0.25, 0.3) is 0 Å². The lowest BCUT2D eigenvalue weighted by Gasteiger charge is -2.32. The molecule has 0 aromatic rings. The first kappa shape index (κ1) is 10.6. The number of methoxy groups -OCH3 is 2. The molecule has 0 N–H and O–H groups in total. The molecule has 0 spiro atoms. The third-order valence-electron chi connectivity index (χ3n) is 3.52. The van der Waals surface area contributed by atoms with Crippen LogP contribution in [0.5, 0.6) is 0 Å². The van der Waals surface area contributed by atoms with E-state index >= 15 is 0 Å². The summed E-state index contributed by atoms with van der Waals surface area (Å²) in [6, 6.07) is 0. The van der Waals surface area contributed by atoms with Gasteiger partial charge in [0, 0.05) is 26.6 Å². The first-order valence-electron chi connectivity index (χ1n) is 5.18. The summed E-state index contributed by atoms with van der Waals surface area (Å²) in [4.78, 5) is 14.1. The van der Waals surface area contributed by atoms with E-state index in [4.69, 9.17) is 9.47 Å². The van der Waals surface area contributed by atoms with Crippen LogP contribution in [-0.2, 0) is 14.3 Å². The molecule has 2 heterocycles. The lowest BCUT2D eigenvalue weighted by Crippen LogP contribution is -2.53. The topological polar surface area (TPSA) is 38.8 Å². The van der Waals surface area contributed by atoms with E-state index in [-0.39, 0.29) is 12.1 Å². The number of esters is 1. The van der Waals surface area contributed by atoms with Crippen LogP contribution >= 0.6 is 0 Å². The highest BCUT2D eigenvalue weighted by molar-refractivity contribution is 5.83. The Labute approximate surface area is 89.8 Å². The van der Waals surface area contributed by atoms with Gasteiger partial charge in [0.1, 0.15) is 5.54 Å². The monoisotopic (exact) mass is 211 g/mol. The van der Waals surface area contributed by atoms with Crippen molar-refractivity contribution in [3.63, 3.8) is 0 Å². The Kier molecular flexibility index (Phi) is 2.56. The summed E-state index contributed by atoms with van der Waals surface area (Å²) in [6.45, 7) is 5.63. The number of carbonyl (C=O) groups is 1. The average molecular weight is 211 g/mol. The van der Waals surface area contributed by atoms with E-state index in [2.05, 4.69) is 11.5 Å². The fourth-order valence-corrected chi connectivity index (χ4v) is 2.89. The number of fused-ring (bicyclic) bond motifs is 1. The van der Waals surface area contributed by atoms with Crippen LogP contribution in [0, 0.1) is 0 Å². The molecule has 0 aromatic heterocycles. The van der Waals surface area contributed by atoms with E-state index in [0.29, 0.717) is 6.42 Å². The van der Waals surface area contributed by atoms with E-state index in [1.54, 1.807) is 7.11 Å². The van der Waals surface area contributed by atoms with Crippen LogP contribution in [0.4, 0.5) is 0 Å². The maximum Gasteiger partial charge on any atom is 0.329 e. The van der Waals surface area contributed by atoms with Gasteiger partial charge in [0.25, 0.3) is 0 Å². The van der Waals surface area contributed by atoms with Gasteiger partial charge in [-0.15, -0.1) is 0 Å². The molecule has 2 aliphatic rings. The van der Waals surface area contributed by atoms with E-state index in [0.717, 1.165) is 25.1 Å². The highest BCUT2D eigenvalue weighted by atomic mass is 16.5. The second kappa shape index (κ2) is 3.61. The molecule has 4 heteroatoms. The van der Waals surface area contributed by atoms with Crippen molar-refractivity contribution in [3.8, 4) is 0 Å². The van der Waals surface area contributed by atoms with Crippen molar-refractivity contribution in [2.45, 2.75) is 24.5 Å². The molecule has 4 nitrogen and oxygen atoms in total. The molecule has 0 saturated carbocycles. The third kappa shape index (κ3) is 1.32. The van der Waals surface area contributed by atoms with Crippen LogP contribution in [0.2, 0.25) is 0 Å². The number of ether oxygens (including phenoxy) is 2. The van der Waals surface area contributed by atoms with E-state index < -0.39 is 5.54 Å². The molecule has 2 rings (SSSR count). The van der Waals surface area contributed by atoms with Crippen LogP contribution < -0.4 is 0 Å². The standard InChI is InChI=1S/C11H17NO3/c1-8-6-11(10(13)15-3)9(14-2)4-5-12(11)7-8/h9H,1,4-7H2,2-3H3/t9-,11-/m1/s1. The van der Waals surface area contributed by atoms with Gasteiger partial charge in [-0.1, -0.05) is 12.2 Å². The summed E-state index contributed by atoms with van der Waals surface area (Å²) >= 11 is 0. The maximum atomic E-state index is 11.9. The second-order valence-electron chi connectivity index (χ2n) is 4.28. The molecule has 0 aliphatic carbocycles. The second-order valence-corrected chi connectivity index (χ2v) is 4.28. The molecule has 0 aromatic carbocycles. The van der Waals surface area contributed by atoms with Gasteiger partial charge in [-0.2, -0.15) is 0 Å². The SMILES string of the molecule is C=C1CN2CC[C@@H](OC)[C@@]2(C(=O)OC)C1. The van der Waals surface area contributed by atoms with Crippen LogP contribution in [0.1, 0.15) is 12.8 Å². The molecule has 15 heavy (non-hydrogen) atoms. The Morgan fingerprint density at radius 1 is 1.60 bits per heavy atom. The first-order valence-corrected chi connectivity index (χ1v) is 5.18. The lowest BCUT2D eigenvalue weighted by molar-refractivity contribution is -0.157. The van der Waals surface area contributed by atoms with Crippen molar-refractivity contribution in [2.24, 2.45) is 0 Å². The number of hydrogen-bond donors (Lipinski definition) is 0. The first-order chi connectivity index (χ1) is 7.15. The summed E-state index contributed by atoms with van der Waals surface area (Å²) in [5.74, 6) is -0.189. The Bertz CT molecular complexity index is 302. The molecular formula is C11H17NO3. The van der Waals surface area contributed by atoms with Crippen LogP contribution in [-0.4, -0.2) is 49.8 Å². The minimum atomic E-state index is -0.597. The quantitative estimate of drug-likeness (QED) is 0.494. The fourth-order valence-electron chi connectivity index (χ4n) is 2.89. The molecule has 2 atom stereocenters. The van der Waals surface area contributed by atoms with E-state index in [9.17, 15) is 4.79 Å². The zero-order chi connectivity index (χ0) is 11.1. The predicted octanol–water partition coefficient (Wildman–Crippen LogP) is 0.579. The highest BCUT2D eigenvalue weighted by Gasteiger charge is 2.59.